The molecule has 0 aromatic heterocycles. The summed E-state index contributed by atoms with van der Waals surface area (Å²) in [6.07, 6.45) is 0.162. The highest BCUT2D eigenvalue weighted by molar-refractivity contribution is 5.81. The van der Waals surface area contributed by atoms with Crippen molar-refractivity contribution in [3.63, 3.8) is 0 Å². The van der Waals surface area contributed by atoms with Gasteiger partial charge in [-0.25, -0.2) is 4.79 Å². The molecule has 0 spiro atoms. The van der Waals surface area contributed by atoms with Crippen LogP contribution in [0.2, 0.25) is 0 Å². The summed E-state index contributed by atoms with van der Waals surface area (Å²) in [5.41, 5.74) is 1.39. The molecule has 5 heteroatoms. The molecule has 1 atom stereocenters. The number of hydrogen-bond donors (Lipinski definition) is 0. The number of aldehydes is 1. The average Bonchev–Trinajstić information content (AvgIpc) is 2.38. The molecule has 0 radical (unpaired) electrons. The fourth-order valence-electron chi connectivity index (χ4n) is 1.90. The van der Waals surface area contributed by atoms with Gasteiger partial charge in [0.05, 0.1) is 18.8 Å². The van der Waals surface area contributed by atoms with Crippen molar-refractivity contribution in [2.45, 2.75) is 13.0 Å². The number of carbonyl (C=O) groups is 2. The van der Waals surface area contributed by atoms with Gasteiger partial charge in [0.1, 0.15) is 12.0 Å². The zero-order chi connectivity index (χ0) is 13.1. The van der Waals surface area contributed by atoms with E-state index in [4.69, 9.17) is 9.47 Å². The molecule has 0 saturated heterocycles. The minimum absolute atomic E-state index is 0.333. The molecular formula is C13H15NO4. The van der Waals surface area contributed by atoms with Crippen LogP contribution in [0.5, 0.6) is 5.75 Å². The fourth-order valence-corrected chi connectivity index (χ4v) is 1.90. The minimum Gasteiger partial charge on any atom is -0.475 e. The van der Waals surface area contributed by atoms with Crippen molar-refractivity contribution in [1.82, 2.24) is 0 Å². The first-order valence-electron chi connectivity index (χ1n) is 5.79. The monoisotopic (exact) mass is 249 g/mol. The molecule has 96 valence electrons. The third kappa shape index (κ3) is 2.30. The highest BCUT2D eigenvalue weighted by Crippen LogP contribution is 2.33. The van der Waals surface area contributed by atoms with E-state index in [-0.39, 0.29) is 5.97 Å². The molecule has 0 bridgehead atoms. The predicted molar refractivity (Wildman–Crippen MR) is 66.1 cm³/mol. The van der Waals surface area contributed by atoms with Gasteiger partial charge in [-0.3, -0.25) is 4.79 Å². The van der Waals surface area contributed by atoms with Crippen LogP contribution in [-0.4, -0.2) is 38.6 Å². The Morgan fingerprint density at radius 3 is 3.06 bits per heavy atom. The van der Waals surface area contributed by atoms with Crippen LogP contribution in [0.3, 0.4) is 0 Å². The standard InChI is InChI=1S/C13H15NO4/c1-3-17-13(16)12-7-14(2)10-6-9(8-15)4-5-11(10)18-12/h4-6,8,12H,3,7H2,1-2H3. The maximum absolute atomic E-state index is 11.6. The Kier molecular flexibility index (Phi) is 3.50. The number of anilines is 1. The highest BCUT2D eigenvalue weighted by atomic mass is 16.6. The lowest BCUT2D eigenvalue weighted by Crippen LogP contribution is -2.43. The lowest BCUT2D eigenvalue weighted by Gasteiger charge is -2.32. The van der Waals surface area contributed by atoms with Crippen molar-refractivity contribution in [2.24, 2.45) is 0 Å². The van der Waals surface area contributed by atoms with E-state index < -0.39 is 6.10 Å². The highest BCUT2D eigenvalue weighted by Gasteiger charge is 2.30. The van der Waals surface area contributed by atoms with Crippen molar-refractivity contribution in [3.05, 3.63) is 23.8 Å². The van der Waals surface area contributed by atoms with Gasteiger partial charge in [0, 0.05) is 12.6 Å². The molecule has 0 fully saturated rings. The topological polar surface area (TPSA) is 55.8 Å². The van der Waals surface area contributed by atoms with E-state index in [2.05, 4.69) is 0 Å². The van der Waals surface area contributed by atoms with Crippen molar-refractivity contribution in [3.8, 4) is 5.75 Å². The Bertz CT molecular complexity index is 472. The second kappa shape index (κ2) is 5.08. The van der Waals surface area contributed by atoms with Crippen LogP contribution in [0.1, 0.15) is 17.3 Å². The summed E-state index contributed by atoms with van der Waals surface area (Å²) in [4.78, 5) is 24.3. The molecule has 1 aromatic carbocycles. The average molecular weight is 249 g/mol. The van der Waals surface area contributed by atoms with Crippen molar-refractivity contribution in [2.75, 3.05) is 25.1 Å². The van der Waals surface area contributed by atoms with E-state index in [9.17, 15) is 9.59 Å². The van der Waals surface area contributed by atoms with Gasteiger partial charge in [0.2, 0.25) is 6.10 Å². The van der Waals surface area contributed by atoms with Crippen molar-refractivity contribution in [1.29, 1.82) is 0 Å². The summed E-state index contributed by atoms with van der Waals surface area (Å²) in [7, 11) is 1.85. The molecular weight excluding hydrogens is 234 g/mol. The summed E-state index contributed by atoms with van der Waals surface area (Å²) < 4.78 is 10.5. The smallest absolute Gasteiger partial charge is 0.349 e. The van der Waals surface area contributed by atoms with Crippen LogP contribution in [0.25, 0.3) is 0 Å². The maximum atomic E-state index is 11.6. The molecule has 0 aliphatic carbocycles. The number of fused-ring (bicyclic) bond motifs is 1. The van der Waals surface area contributed by atoms with Gasteiger partial charge in [-0.2, -0.15) is 0 Å². The Balaban J connectivity index is 2.24. The van der Waals surface area contributed by atoms with Gasteiger partial charge >= 0.3 is 5.97 Å². The summed E-state index contributed by atoms with van der Waals surface area (Å²) >= 11 is 0. The molecule has 1 aromatic rings. The third-order valence-electron chi connectivity index (χ3n) is 2.79. The van der Waals surface area contributed by atoms with Crippen LogP contribution in [0.15, 0.2) is 18.2 Å². The number of benzene rings is 1. The zero-order valence-corrected chi connectivity index (χ0v) is 10.4. The molecule has 1 aliphatic heterocycles. The van der Waals surface area contributed by atoms with Gasteiger partial charge in [-0.15, -0.1) is 0 Å². The van der Waals surface area contributed by atoms with Gasteiger partial charge in [0.25, 0.3) is 0 Å². The first kappa shape index (κ1) is 12.4. The molecule has 0 amide bonds. The molecule has 0 N–H and O–H groups in total. The third-order valence-corrected chi connectivity index (χ3v) is 2.79. The molecule has 1 aliphatic rings. The summed E-state index contributed by atoms with van der Waals surface area (Å²) in [6.45, 7) is 2.50. The van der Waals surface area contributed by atoms with E-state index in [1.807, 2.05) is 11.9 Å². The largest absolute Gasteiger partial charge is 0.475 e. The van der Waals surface area contributed by atoms with Gasteiger partial charge in [-0.05, 0) is 25.1 Å². The number of esters is 1. The van der Waals surface area contributed by atoms with Crippen LogP contribution in [0.4, 0.5) is 5.69 Å². The fraction of sp³-hybridized carbons (Fsp3) is 0.385. The first-order valence-corrected chi connectivity index (χ1v) is 5.79. The van der Waals surface area contributed by atoms with E-state index in [1.165, 1.54) is 0 Å². The van der Waals surface area contributed by atoms with Crippen molar-refractivity contribution < 1.29 is 19.1 Å². The van der Waals surface area contributed by atoms with Gasteiger partial charge in [0.15, 0.2) is 0 Å². The molecule has 2 rings (SSSR count). The van der Waals surface area contributed by atoms with E-state index >= 15 is 0 Å². The second-order valence-corrected chi connectivity index (χ2v) is 4.08. The molecule has 18 heavy (non-hydrogen) atoms. The van der Waals surface area contributed by atoms with E-state index in [1.54, 1.807) is 25.1 Å². The quantitative estimate of drug-likeness (QED) is 0.596. The molecule has 1 unspecified atom stereocenters. The second-order valence-electron chi connectivity index (χ2n) is 4.08. The van der Waals surface area contributed by atoms with Crippen LogP contribution in [-0.2, 0) is 9.53 Å². The zero-order valence-electron chi connectivity index (χ0n) is 10.4. The number of likely N-dealkylation sites (N-methyl/N-ethyl adjacent to an activating group) is 1. The molecule has 0 saturated carbocycles. The lowest BCUT2D eigenvalue weighted by atomic mass is 10.1. The van der Waals surface area contributed by atoms with E-state index in [0.29, 0.717) is 24.5 Å². The summed E-state index contributed by atoms with van der Waals surface area (Å²) in [5.74, 6) is 0.224. The summed E-state index contributed by atoms with van der Waals surface area (Å²) in [6, 6.07) is 5.10. The van der Waals surface area contributed by atoms with Crippen molar-refractivity contribution >= 4 is 17.9 Å². The van der Waals surface area contributed by atoms with Gasteiger partial charge < -0.3 is 14.4 Å². The Hall–Kier alpha value is -2.04. The van der Waals surface area contributed by atoms with Crippen LogP contribution in [0, 0.1) is 0 Å². The Morgan fingerprint density at radius 1 is 1.61 bits per heavy atom. The van der Waals surface area contributed by atoms with Crippen LogP contribution < -0.4 is 9.64 Å². The van der Waals surface area contributed by atoms with Crippen LogP contribution >= 0.6 is 0 Å². The summed E-state index contributed by atoms with van der Waals surface area (Å²) in [5, 5.41) is 0. The normalized spacial score (nSPS) is 17.7. The number of hydrogen-bond acceptors (Lipinski definition) is 5. The number of carbonyl (C=O) groups excluding carboxylic acids is 2. The first-order chi connectivity index (χ1) is 8.65. The lowest BCUT2D eigenvalue weighted by molar-refractivity contribution is -0.151. The minimum atomic E-state index is -0.621. The van der Waals surface area contributed by atoms with Gasteiger partial charge in [-0.1, -0.05) is 0 Å². The Morgan fingerprint density at radius 2 is 2.39 bits per heavy atom. The maximum Gasteiger partial charge on any atom is 0.349 e. The molecule has 1 heterocycles. The van der Waals surface area contributed by atoms with E-state index in [0.717, 1.165) is 12.0 Å². The predicted octanol–water partition coefficient (Wildman–Crippen LogP) is 1.26. The molecule has 5 nitrogen and oxygen atoms in total. The Labute approximate surface area is 105 Å². The number of rotatable bonds is 3. The SMILES string of the molecule is CCOC(=O)C1CN(C)c2cc(C=O)ccc2O1. The number of ether oxygens (including phenoxy) is 2. The number of nitrogens with zero attached hydrogens (tertiary/aromatic N) is 1.